The molecule has 0 atom stereocenters. The number of hydrogen-bond donors (Lipinski definition) is 0. The molecule has 0 radical (unpaired) electrons. The number of aromatic nitrogens is 3. The molecule has 7 nitrogen and oxygen atoms in total. The monoisotopic (exact) mass is 444 g/mol. The summed E-state index contributed by atoms with van der Waals surface area (Å²) in [4.78, 5) is 17.1. The van der Waals surface area contributed by atoms with Crippen LogP contribution in [0.4, 0.5) is 19.0 Å². The van der Waals surface area contributed by atoms with Crippen LogP contribution in [0.5, 0.6) is 0 Å². The lowest BCUT2D eigenvalue weighted by atomic mass is 10.1. The van der Waals surface area contributed by atoms with Gasteiger partial charge in [0.25, 0.3) is 5.91 Å². The summed E-state index contributed by atoms with van der Waals surface area (Å²) in [6.45, 7) is 1.29. The first kappa shape index (κ1) is 19.6. The van der Waals surface area contributed by atoms with Gasteiger partial charge in [0.05, 0.1) is 22.8 Å². The summed E-state index contributed by atoms with van der Waals surface area (Å²) in [5.41, 5.74) is -0.932. The Kier molecular flexibility index (Phi) is 4.35. The van der Waals surface area contributed by atoms with Gasteiger partial charge in [-0.3, -0.25) is 14.7 Å². The summed E-state index contributed by atoms with van der Waals surface area (Å²) in [5.74, 6) is -1.20. The van der Waals surface area contributed by atoms with Crippen molar-refractivity contribution in [3.05, 3.63) is 52.4 Å². The molecular weight excluding hydrogens is 433 g/mol. The van der Waals surface area contributed by atoms with E-state index in [1.807, 2.05) is 0 Å². The van der Waals surface area contributed by atoms with Gasteiger partial charge in [0.2, 0.25) is 0 Å². The molecule has 152 valence electrons. The topological polar surface area (TPSA) is 84.6 Å². The zero-order valence-corrected chi connectivity index (χ0v) is 16.3. The Labute approximate surface area is 167 Å². The molecule has 0 aliphatic carbocycles. The number of sulfone groups is 1. The van der Waals surface area contributed by atoms with Crippen molar-refractivity contribution in [3.63, 3.8) is 0 Å². The van der Waals surface area contributed by atoms with Crippen molar-refractivity contribution in [1.29, 1.82) is 0 Å². The number of amides is 1. The summed E-state index contributed by atoms with van der Waals surface area (Å²) < 4.78 is 65.5. The quantitative estimate of drug-likeness (QED) is 0.618. The Balaban J connectivity index is 1.89. The van der Waals surface area contributed by atoms with Crippen LogP contribution in [0.3, 0.4) is 0 Å². The third-order valence-corrected chi connectivity index (χ3v) is 6.56. The van der Waals surface area contributed by atoms with Crippen molar-refractivity contribution in [2.45, 2.75) is 24.5 Å². The Bertz CT molecular complexity index is 1270. The summed E-state index contributed by atoms with van der Waals surface area (Å²) in [6, 6.07) is 3.60. The summed E-state index contributed by atoms with van der Waals surface area (Å²) in [7, 11) is -3.82. The van der Waals surface area contributed by atoms with E-state index in [1.165, 1.54) is 29.8 Å². The normalized spacial score (nSPS) is 14.7. The Morgan fingerprint density at radius 2 is 2.00 bits per heavy atom. The van der Waals surface area contributed by atoms with E-state index in [-0.39, 0.29) is 39.7 Å². The fourth-order valence-electron chi connectivity index (χ4n) is 3.13. The second-order valence-electron chi connectivity index (χ2n) is 6.35. The molecule has 1 aliphatic rings. The van der Waals surface area contributed by atoms with E-state index in [0.29, 0.717) is 11.1 Å². The molecule has 0 unspecified atom stereocenters. The number of fused-ring (bicyclic) bond motifs is 2. The largest absolute Gasteiger partial charge is 0.433 e. The maximum atomic E-state index is 13.0. The highest BCUT2D eigenvalue weighted by molar-refractivity contribution is 7.91. The van der Waals surface area contributed by atoms with Gasteiger partial charge in [0.1, 0.15) is 10.6 Å². The molecule has 4 rings (SSSR count). The van der Waals surface area contributed by atoms with Crippen molar-refractivity contribution >= 4 is 38.7 Å². The number of nitrogens with zero attached hydrogens (tertiary/aromatic N) is 4. The first-order chi connectivity index (χ1) is 13.5. The molecule has 3 aromatic rings. The van der Waals surface area contributed by atoms with Crippen LogP contribution in [-0.4, -0.2) is 34.7 Å². The van der Waals surface area contributed by atoms with E-state index >= 15 is 0 Å². The number of hydrogen-bond acceptors (Lipinski definition) is 5. The molecule has 0 N–H and O–H groups in total. The first-order valence-electron chi connectivity index (χ1n) is 8.31. The highest BCUT2D eigenvalue weighted by Gasteiger charge is 2.39. The molecular formula is C17H12ClF3N4O3S. The predicted octanol–water partition coefficient (Wildman–Crippen LogP) is 3.36. The standard InChI is InChI=1S/C17H12ClF3N4O3S/c1-2-29(27,28)14-12-4-3-10(18)8-25(12)23-15(14)24-7-9-6-22-13(17(19,20)21)5-11(9)16(24)26/h3-6,8H,2,7H2,1H3. The Morgan fingerprint density at radius 1 is 1.28 bits per heavy atom. The van der Waals surface area contributed by atoms with Gasteiger partial charge in [-0.15, -0.1) is 5.10 Å². The molecule has 0 aromatic carbocycles. The lowest BCUT2D eigenvalue weighted by molar-refractivity contribution is -0.141. The van der Waals surface area contributed by atoms with Crippen LogP contribution in [0, 0.1) is 0 Å². The molecule has 29 heavy (non-hydrogen) atoms. The van der Waals surface area contributed by atoms with Crippen LogP contribution in [0.1, 0.15) is 28.5 Å². The average molecular weight is 445 g/mol. The number of anilines is 1. The number of alkyl halides is 3. The minimum absolute atomic E-state index is 0.150. The van der Waals surface area contributed by atoms with Crippen molar-refractivity contribution in [1.82, 2.24) is 14.6 Å². The third kappa shape index (κ3) is 3.14. The minimum Gasteiger partial charge on any atom is -0.285 e. The second kappa shape index (κ2) is 6.42. The lowest BCUT2D eigenvalue weighted by Gasteiger charge is -2.14. The van der Waals surface area contributed by atoms with Crippen molar-refractivity contribution < 1.29 is 26.4 Å². The predicted molar refractivity (Wildman–Crippen MR) is 97.7 cm³/mol. The van der Waals surface area contributed by atoms with Gasteiger partial charge in [0, 0.05) is 23.5 Å². The summed E-state index contributed by atoms with van der Waals surface area (Å²) in [5, 5.41) is 4.48. The van der Waals surface area contributed by atoms with E-state index in [4.69, 9.17) is 11.6 Å². The zero-order chi connectivity index (χ0) is 21.1. The fraction of sp³-hybridized carbons (Fsp3) is 0.235. The van der Waals surface area contributed by atoms with Crippen molar-refractivity contribution in [3.8, 4) is 0 Å². The Morgan fingerprint density at radius 3 is 2.66 bits per heavy atom. The van der Waals surface area contributed by atoms with Gasteiger partial charge < -0.3 is 0 Å². The van der Waals surface area contributed by atoms with E-state index < -0.39 is 27.6 Å². The molecule has 0 fully saturated rings. The molecule has 0 saturated heterocycles. The maximum Gasteiger partial charge on any atom is 0.433 e. The third-order valence-electron chi connectivity index (χ3n) is 4.56. The first-order valence-corrected chi connectivity index (χ1v) is 10.3. The minimum atomic E-state index is -4.71. The molecule has 0 bridgehead atoms. The van der Waals surface area contributed by atoms with Gasteiger partial charge in [-0.25, -0.2) is 12.9 Å². The number of carbonyl (C=O) groups excluding carboxylic acids is 1. The highest BCUT2D eigenvalue weighted by atomic mass is 35.5. The van der Waals surface area contributed by atoms with Gasteiger partial charge >= 0.3 is 6.18 Å². The van der Waals surface area contributed by atoms with Crippen LogP contribution < -0.4 is 4.90 Å². The Hall–Kier alpha value is -2.66. The van der Waals surface area contributed by atoms with Crippen LogP contribution in [0.15, 0.2) is 35.5 Å². The average Bonchev–Trinajstić information content (AvgIpc) is 3.18. The smallest absolute Gasteiger partial charge is 0.285 e. The molecule has 12 heteroatoms. The SMILES string of the molecule is CCS(=O)(=O)c1c(N2Cc3cnc(C(F)(F)F)cc3C2=O)nn2cc(Cl)ccc12. The van der Waals surface area contributed by atoms with Gasteiger partial charge in [-0.1, -0.05) is 18.5 Å². The molecule has 4 heterocycles. The van der Waals surface area contributed by atoms with E-state index in [1.54, 1.807) is 0 Å². The van der Waals surface area contributed by atoms with Crippen molar-refractivity contribution in [2.24, 2.45) is 0 Å². The second-order valence-corrected chi connectivity index (χ2v) is 9.00. The zero-order valence-electron chi connectivity index (χ0n) is 14.7. The highest BCUT2D eigenvalue weighted by Crippen LogP contribution is 2.37. The van der Waals surface area contributed by atoms with Crippen LogP contribution in [-0.2, 0) is 22.6 Å². The van der Waals surface area contributed by atoms with Crippen molar-refractivity contribution in [2.75, 3.05) is 10.7 Å². The number of rotatable bonds is 3. The maximum absolute atomic E-state index is 13.0. The van der Waals surface area contributed by atoms with E-state index in [9.17, 15) is 26.4 Å². The van der Waals surface area contributed by atoms with Gasteiger partial charge in [0.15, 0.2) is 15.7 Å². The van der Waals surface area contributed by atoms with Crippen LogP contribution >= 0.6 is 11.6 Å². The molecule has 3 aromatic heterocycles. The molecule has 0 saturated carbocycles. The number of pyridine rings is 2. The van der Waals surface area contributed by atoms with E-state index in [2.05, 4.69) is 10.1 Å². The summed E-state index contributed by atoms with van der Waals surface area (Å²) >= 11 is 5.94. The fourth-order valence-corrected chi connectivity index (χ4v) is 4.48. The van der Waals surface area contributed by atoms with Crippen LogP contribution in [0.25, 0.3) is 5.52 Å². The molecule has 1 aliphatic heterocycles. The number of carbonyl (C=O) groups is 1. The van der Waals surface area contributed by atoms with Gasteiger partial charge in [-0.2, -0.15) is 13.2 Å². The lowest BCUT2D eigenvalue weighted by Crippen LogP contribution is -2.25. The summed E-state index contributed by atoms with van der Waals surface area (Å²) in [6.07, 6.45) is -2.36. The molecule has 0 spiro atoms. The molecule has 1 amide bonds. The van der Waals surface area contributed by atoms with Gasteiger partial charge in [-0.05, 0) is 18.2 Å². The van der Waals surface area contributed by atoms with Crippen LogP contribution in [0.2, 0.25) is 5.02 Å². The number of halogens is 4. The van der Waals surface area contributed by atoms with E-state index in [0.717, 1.165) is 11.1 Å².